The van der Waals surface area contributed by atoms with Crippen LogP contribution >= 0.6 is 11.8 Å². The molecule has 2 rings (SSSR count). The first-order chi connectivity index (χ1) is 7.72. The molecule has 1 N–H and O–H groups in total. The van der Waals surface area contributed by atoms with Crippen molar-refractivity contribution in [3.8, 4) is 0 Å². The van der Waals surface area contributed by atoms with Gasteiger partial charge in [0, 0.05) is 14.1 Å². The highest BCUT2D eigenvalue weighted by molar-refractivity contribution is 8.14. The molecular weight excluding hydrogens is 220 g/mol. The van der Waals surface area contributed by atoms with E-state index in [1.54, 1.807) is 18.8 Å². The van der Waals surface area contributed by atoms with Crippen molar-refractivity contribution in [1.82, 2.24) is 4.90 Å². The smallest absolute Gasteiger partial charge is 0.161 e. The van der Waals surface area contributed by atoms with Crippen molar-refractivity contribution in [2.75, 3.05) is 14.1 Å². The molecule has 86 valence electrons. The van der Waals surface area contributed by atoms with Crippen LogP contribution in [0.1, 0.15) is 5.56 Å². The maximum absolute atomic E-state index is 10.0. The molecule has 3 nitrogen and oxygen atoms in total. The van der Waals surface area contributed by atoms with Gasteiger partial charge in [0.1, 0.15) is 6.23 Å². The van der Waals surface area contributed by atoms with E-state index in [1.807, 2.05) is 30.1 Å². The number of hydrogen-bond donors (Lipinski definition) is 1. The molecule has 0 saturated carbocycles. The molecule has 0 radical (unpaired) electrons. The fourth-order valence-corrected chi connectivity index (χ4v) is 3.08. The minimum absolute atomic E-state index is 0.172. The van der Waals surface area contributed by atoms with Crippen molar-refractivity contribution in [3.05, 3.63) is 35.9 Å². The minimum atomic E-state index is -0.441. The van der Waals surface area contributed by atoms with Crippen LogP contribution in [0.4, 0.5) is 0 Å². The van der Waals surface area contributed by atoms with Gasteiger partial charge >= 0.3 is 0 Å². The Hall–Kier alpha value is -1.00. The van der Waals surface area contributed by atoms with Gasteiger partial charge in [-0.1, -0.05) is 42.1 Å². The van der Waals surface area contributed by atoms with E-state index in [-0.39, 0.29) is 5.25 Å². The Bertz CT molecular complexity index is 380. The first kappa shape index (κ1) is 11.5. The van der Waals surface area contributed by atoms with Gasteiger partial charge in [-0.05, 0) is 12.0 Å². The monoisotopic (exact) mass is 236 g/mol. The van der Waals surface area contributed by atoms with E-state index in [1.165, 1.54) is 5.56 Å². The number of nitrogens with zero attached hydrogens (tertiary/aromatic N) is 2. The first-order valence-electron chi connectivity index (χ1n) is 5.30. The molecule has 0 bridgehead atoms. The number of amidine groups is 1. The summed E-state index contributed by atoms with van der Waals surface area (Å²) in [5, 5.41) is 11.1. The second-order valence-corrected chi connectivity index (χ2v) is 5.08. The Morgan fingerprint density at radius 2 is 2.06 bits per heavy atom. The zero-order chi connectivity index (χ0) is 11.5. The number of rotatable bonds is 2. The van der Waals surface area contributed by atoms with Gasteiger partial charge in [-0.15, -0.1) is 0 Å². The molecule has 0 aliphatic carbocycles. The van der Waals surface area contributed by atoms with Crippen LogP contribution in [0.15, 0.2) is 35.3 Å². The highest BCUT2D eigenvalue weighted by Crippen LogP contribution is 2.31. The van der Waals surface area contributed by atoms with Gasteiger partial charge in [0.25, 0.3) is 0 Å². The van der Waals surface area contributed by atoms with Gasteiger partial charge in [0.15, 0.2) is 5.17 Å². The minimum Gasteiger partial charge on any atom is -0.372 e. The molecule has 4 heteroatoms. The molecule has 0 aromatic heterocycles. The van der Waals surface area contributed by atoms with Crippen molar-refractivity contribution >= 4 is 16.9 Å². The summed E-state index contributed by atoms with van der Waals surface area (Å²) in [5.74, 6) is 0. The van der Waals surface area contributed by atoms with Crippen molar-refractivity contribution in [2.45, 2.75) is 17.9 Å². The molecule has 0 spiro atoms. The molecule has 0 unspecified atom stereocenters. The second kappa shape index (κ2) is 4.89. The zero-order valence-electron chi connectivity index (χ0n) is 9.50. The number of aliphatic hydroxyl groups is 1. The maximum atomic E-state index is 10.0. The van der Waals surface area contributed by atoms with E-state index in [2.05, 4.69) is 17.1 Å². The van der Waals surface area contributed by atoms with E-state index in [0.717, 1.165) is 11.6 Å². The number of hydrogen-bond acceptors (Lipinski definition) is 3. The normalized spacial score (nSPS) is 27.7. The van der Waals surface area contributed by atoms with Crippen molar-refractivity contribution in [2.24, 2.45) is 4.99 Å². The van der Waals surface area contributed by atoms with Crippen molar-refractivity contribution in [1.29, 1.82) is 0 Å². The van der Waals surface area contributed by atoms with Crippen LogP contribution in [0.2, 0.25) is 0 Å². The molecular formula is C12H16N2OS. The van der Waals surface area contributed by atoms with Gasteiger partial charge in [-0.3, -0.25) is 4.99 Å². The lowest BCUT2D eigenvalue weighted by atomic mass is 10.1. The molecule has 1 aromatic rings. The van der Waals surface area contributed by atoms with Crippen LogP contribution in [0.5, 0.6) is 0 Å². The number of aliphatic imine (C=N–C) groups is 1. The molecule has 0 amide bonds. The molecule has 16 heavy (non-hydrogen) atoms. The van der Waals surface area contributed by atoms with E-state index in [4.69, 9.17) is 0 Å². The largest absolute Gasteiger partial charge is 0.372 e. The zero-order valence-corrected chi connectivity index (χ0v) is 10.3. The predicted octanol–water partition coefficient (Wildman–Crippen LogP) is 1.58. The van der Waals surface area contributed by atoms with Gasteiger partial charge < -0.3 is 10.0 Å². The second-order valence-electron chi connectivity index (χ2n) is 3.88. The number of benzene rings is 1. The molecule has 1 heterocycles. The predicted molar refractivity (Wildman–Crippen MR) is 68.7 cm³/mol. The molecule has 1 saturated heterocycles. The fraction of sp³-hybridized carbons (Fsp3) is 0.417. The molecule has 1 aliphatic rings. The number of thioether (sulfide) groups is 1. The molecule has 2 atom stereocenters. The number of aliphatic hydroxyl groups excluding tert-OH is 1. The lowest BCUT2D eigenvalue weighted by Gasteiger charge is -2.18. The Morgan fingerprint density at radius 1 is 1.38 bits per heavy atom. The summed E-state index contributed by atoms with van der Waals surface area (Å²) in [6.07, 6.45) is 0.430. The summed E-state index contributed by atoms with van der Waals surface area (Å²) < 4.78 is 0. The van der Waals surface area contributed by atoms with Gasteiger partial charge in [0.2, 0.25) is 0 Å². The average molecular weight is 236 g/mol. The summed E-state index contributed by atoms with van der Waals surface area (Å²) in [6, 6.07) is 10.2. The van der Waals surface area contributed by atoms with Crippen LogP contribution in [0, 0.1) is 0 Å². The summed E-state index contributed by atoms with van der Waals surface area (Å²) >= 11 is 1.65. The van der Waals surface area contributed by atoms with E-state index >= 15 is 0 Å². The third kappa shape index (κ3) is 2.23. The lowest BCUT2D eigenvalue weighted by molar-refractivity contribution is 0.0758. The fourth-order valence-electron chi connectivity index (χ4n) is 1.85. The quantitative estimate of drug-likeness (QED) is 0.847. The van der Waals surface area contributed by atoms with Crippen molar-refractivity contribution < 1.29 is 5.11 Å². The SMILES string of the molecule is CN=C1S[C@@H](Cc2ccccc2)[C@@H](O)N1C. The van der Waals surface area contributed by atoms with Crippen LogP contribution in [0.3, 0.4) is 0 Å². The molecule has 1 aliphatic heterocycles. The van der Waals surface area contributed by atoms with Gasteiger partial charge in [-0.2, -0.15) is 0 Å². The molecule has 1 aromatic carbocycles. The summed E-state index contributed by atoms with van der Waals surface area (Å²) in [7, 11) is 3.64. The standard InChI is InChI=1S/C12H16N2OS/c1-13-12-14(2)11(15)10(16-12)8-9-6-4-3-5-7-9/h3-7,10-11,15H,8H2,1-2H3/t10-,11+/m0/s1. The van der Waals surface area contributed by atoms with E-state index in [0.29, 0.717) is 0 Å². The van der Waals surface area contributed by atoms with E-state index < -0.39 is 6.23 Å². The topological polar surface area (TPSA) is 35.8 Å². The Labute approximate surface area is 100 Å². The maximum Gasteiger partial charge on any atom is 0.161 e. The van der Waals surface area contributed by atoms with Gasteiger partial charge in [0.05, 0.1) is 5.25 Å². The highest BCUT2D eigenvalue weighted by atomic mass is 32.2. The van der Waals surface area contributed by atoms with Crippen LogP contribution in [-0.2, 0) is 6.42 Å². The average Bonchev–Trinajstić information content (AvgIpc) is 2.58. The van der Waals surface area contributed by atoms with Crippen LogP contribution in [0.25, 0.3) is 0 Å². The van der Waals surface area contributed by atoms with Gasteiger partial charge in [-0.25, -0.2) is 0 Å². The third-order valence-electron chi connectivity index (χ3n) is 2.76. The van der Waals surface area contributed by atoms with E-state index in [9.17, 15) is 5.11 Å². The Morgan fingerprint density at radius 3 is 2.62 bits per heavy atom. The van der Waals surface area contributed by atoms with Crippen LogP contribution in [-0.4, -0.2) is 40.7 Å². The van der Waals surface area contributed by atoms with Crippen molar-refractivity contribution in [3.63, 3.8) is 0 Å². The summed E-state index contributed by atoms with van der Waals surface area (Å²) in [6.45, 7) is 0. The first-order valence-corrected chi connectivity index (χ1v) is 6.18. The van der Waals surface area contributed by atoms with Crippen LogP contribution < -0.4 is 0 Å². The summed E-state index contributed by atoms with van der Waals surface area (Å²) in [5.41, 5.74) is 1.25. The lowest BCUT2D eigenvalue weighted by Crippen LogP contribution is -2.34. The highest BCUT2D eigenvalue weighted by Gasteiger charge is 2.35. The Kier molecular flexibility index (Phi) is 3.51. The third-order valence-corrected chi connectivity index (χ3v) is 4.15. The molecule has 1 fully saturated rings. The Balaban J connectivity index is 2.07. The summed E-state index contributed by atoms with van der Waals surface area (Å²) in [4.78, 5) is 5.99.